The van der Waals surface area contributed by atoms with Crippen molar-refractivity contribution >= 4 is 29.1 Å². The molecule has 134 valence electrons. The molecule has 0 saturated carbocycles. The lowest BCUT2D eigenvalue weighted by Gasteiger charge is -2.19. The zero-order chi connectivity index (χ0) is 17.8. The Balaban J connectivity index is 1.87. The molecule has 0 amide bonds. The fourth-order valence-corrected chi connectivity index (χ4v) is 5.07. The van der Waals surface area contributed by atoms with E-state index in [-0.39, 0.29) is 11.7 Å². The SMILES string of the molecule is C=CCn1c(SCC(=O)OCC)nnc1-c1csc2c1CCC(C)C2. The zero-order valence-electron chi connectivity index (χ0n) is 14.7. The van der Waals surface area contributed by atoms with Gasteiger partial charge in [0.2, 0.25) is 0 Å². The summed E-state index contributed by atoms with van der Waals surface area (Å²) in [5.41, 5.74) is 2.60. The highest BCUT2D eigenvalue weighted by molar-refractivity contribution is 7.99. The van der Waals surface area contributed by atoms with Crippen LogP contribution in [0.3, 0.4) is 0 Å². The molecular formula is C18H23N3O2S2. The van der Waals surface area contributed by atoms with Gasteiger partial charge in [-0.3, -0.25) is 9.36 Å². The van der Waals surface area contributed by atoms with Crippen molar-refractivity contribution < 1.29 is 9.53 Å². The average molecular weight is 378 g/mol. The van der Waals surface area contributed by atoms with Crippen LogP contribution >= 0.6 is 23.1 Å². The van der Waals surface area contributed by atoms with Gasteiger partial charge < -0.3 is 4.74 Å². The van der Waals surface area contributed by atoms with E-state index in [1.165, 1.54) is 34.2 Å². The molecule has 25 heavy (non-hydrogen) atoms. The van der Waals surface area contributed by atoms with E-state index in [9.17, 15) is 4.79 Å². The van der Waals surface area contributed by atoms with Gasteiger partial charge in [-0.05, 0) is 37.7 Å². The topological polar surface area (TPSA) is 57.0 Å². The van der Waals surface area contributed by atoms with Gasteiger partial charge in [-0.2, -0.15) is 0 Å². The second kappa shape index (κ2) is 8.19. The Morgan fingerprint density at radius 2 is 2.40 bits per heavy atom. The van der Waals surface area contributed by atoms with Crippen LogP contribution in [0, 0.1) is 5.92 Å². The number of hydrogen-bond acceptors (Lipinski definition) is 6. The molecule has 0 radical (unpaired) electrons. The number of thiophene rings is 1. The summed E-state index contributed by atoms with van der Waals surface area (Å²) in [5.74, 6) is 1.63. The van der Waals surface area contributed by atoms with E-state index >= 15 is 0 Å². The van der Waals surface area contributed by atoms with Crippen molar-refractivity contribution in [2.24, 2.45) is 5.92 Å². The quantitative estimate of drug-likeness (QED) is 0.415. The number of thioether (sulfide) groups is 1. The molecule has 0 bridgehead atoms. The van der Waals surface area contributed by atoms with Crippen LogP contribution in [0.1, 0.15) is 30.7 Å². The summed E-state index contributed by atoms with van der Waals surface area (Å²) in [6.07, 6.45) is 5.31. The Morgan fingerprint density at radius 3 is 3.16 bits per heavy atom. The summed E-state index contributed by atoms with van der Waals surface area (Å²) in [4.78, 5) is 13.1. The van der Waals surface area contributed by atoms with Gasteiger partial charge in [0, 0.05) is 22.4 Å². The highest BCUT2D eigenvalue weighted by Gasteiger charge is 2.24. The van der Waals surface area contributed by atoms with Crippen molar-refractivity contribution in [2.75, 3.05) is 12.4 Å². The highest BCUT2D eigenvalue weighted by atomic mass is 32.2. The van der Waals surface area contributed by atoms with E-state index < -0.39 is 0 Å². The Labute approximate surface area is 156 Å². The lowest BCUT2D eigenvalue weighted by molar-refractivity contribution is -0.139. The number of nitrogens with zero attached hydrogens (tertiary/aromatic N) is 3. The minimum atomic E-state index is -0.232. The van der Waals surface area contributed by atoms with Crippen LogP contribution < -0.4 is 0 Å². The van der Waals surface area contributed by atoms with E-state index in [4.69, 9.17) is 4.74 Å². The standard InChI is InChI=1S/C18H23N3O2S2/c1-4-8-21-17(19-20-18(21)25-11-16(22)23-5-2)14-10-24-15-9-12(3)6-7-13(14)15/h4,10,12H,1,5-9,11H2,2-3H3. The summed E-state index contributed by atoms with van der Waals surface area (Å²) in [7, 11) is 0. The van der Waals surface area contributed by atoms with E-state index in [2.05, 4.69) is 29.1 Å². The maximum absolute atomic E-state index is 11.6. The van der Waals surface area contributed by atoms with Gasteiger partial charge >= 0.3 is 5.97 Å². The van der Waals surface area contributed by atoms with Crippen molar-refractivity contribution in [3.63, 3.8) is 0 Å². The molecule has 7 heteroatoms. The van der Waals surface area contributed by atoms with Gasteiger partial charge in [-0.15, -0.1) is 28.1 Å². The minimum absolute atomic E-state index is 0.232. The monoisotopic (exact) mass is 377 g/mol. The van der Waals surface area contributed by atoms with E-state index in [1.54, 1.807) is 0 Å². The van der Waals surface area contributed by atoms with Gasteiger partial charge in [0.1, 0.15) is 0 Å². The van der Waals surface area contributed by atoms with Crippen LogP contribution in [0.2, 0.25) is 0 Å². The number of hydrogen-bond donors (Lipinski definition) is 0. The lowest BCUT2D eigenvalue weighted by atomic mass is 9.88. The molecule has 1 atom stereocenters. The molecular weight excluding hydrogens is 354 g/mol. The summed E-state index contributed by atoms with van der Waals surface area (Å²) in [6, 6.07) is 0. The van der Waals surface area contributed by atoms with Crippen molar-refractivity contribution in [1.82, 2.24) is 14.8 Å². The highest BCUT2D eigenvalue weighted by Crippen LogP contribution is 2.38. The molecule has 0 aliphatic heterocycles. The van der Waals surface area contributed by atoms with Gasteiger partial charge in [0.15, 0.2) is 11.0 Å². The molecule has 5 nitrogen and oxygen atoms in total. The van der Waals surface area contributed by atoms with Crippen molar-refractivity contribution in [3.8, 4) is 11.4 Å². The maximum Gasteiger partial charge on any atom is 0.316 e. The minimum Gasteiger partial charge on any atom is -0.465 e. The van der Waals surface area contributed by atoms with Gasteiger partial charge in [-0.1, -0.05) is 24.8 Å². The third kappa shape index (κ3) is 3.98. The first kappa shape index (κ1) is 18.2. The van der Waals surface area contributed by atoms with Crippen LogP contribution in [0.15, 0.2) is 23.2 Å². The van der Waals surface area contributed by atoms with Crippen LogP contribution in [-0.4, -0.2) is 33.1 Å². The molecule has 3 rings (SSSR count). The summed E-state index contributed by atoms with van der Waals surface area (Å²) < 4.78 is 7.03. The first-order valence-corrected chi connectivity index (χ1v) is 10.4. The Bertz CT molecular complexity index is 766. The lowest BCUT2D eigenvalue weighted by Crippen LogP contribution is -2.10. The first-order valence-electron chi connectivity index (χ1n) is 8.56. The third-order valence-electron chi connectivity index (χ3n) is 4.30. The number of carbonyl (C=O) groups excluding carboxylic acids is 1. The number of esters is 1. The average Bonchev–Trinajstić information content (AvgIpc) is 3.17. The van der Waals surface area contributed by atoms with Crippen molar-refractivity contribution in [2.45, 2.75) is 44.8 Å². The second-order valence-corrected chi connectivity index (χ2v) is 8.10. The molecule has 0 spiro atoms. The van der Waals surface area contributed by atoms with E-state index in [1.807, 2.05) is 28.9 Å². The predicted molar refractivity (Wildman–Crippen MR) is 102 cm³/mol. The molecule has 0 aromatic carbocycles. The molecule has 1 aliphatic rings. The van der Waals surface area contributed by atoms with Gasteiger partial charge in [0.05, 0.1) is 12.4 Å². The van der Waals surface area contributed by atoms with Crippen LogP contribution in [0.4, 0.5) is 0 Å². The number of rotatable bonds is 7. The number of fused-ring (bicyclic) bond motifs is 1. The van der Waals surface area contributed by atoms with E-state index in [0.717, 1.165) is 29.7 Å². The third-order valence-corrected chi connectivity index (χ3v) is 6.29. The molecule has 2 aromatic heterocycles. The van der Waals surface area contributed by atoms with Gasteiger partial charge in [0.25, 0.3) is 0 Å². The Kier molecular flexibility index (Phi) is 5.96. The summed E-state index contributed by atoms with van der Waals surface area (Å²) in [6.45, 7) is 8.98. The Hall–Kier alpha value is -1.60. The van der Waals surface area contributed by atoms with E-state index in [0.29, 0.717) is 13.2 Å². The molecule has 0 N–H and O–H groups in total. The molecule has 1 aliphatic carbocycles. The van der Waals surface area contributed by atoms with Crippen LogP contribution in [0.5, 0.6) is 0 Å². The van der Waals surface area contributed by atoms with Crippen LogP contribution in [-0.2, 0) is 28.9 Å². The number of carbonyl (C=O) groups is 1. The van der Waals surface area contributed by atoms with Crippen molar-refractivity contribution in [3.05, 3.63) is 28.5 Å². The summed E-state index contributed by atoms with van der Waals surface area (Å²) in [5, 5.41) is 11.7. The van der Waals surface area contributed by atoms with Gasteiger partial charge in [-0.25, -0.2) is 0 Å². The molecule has 2 aromatic rings. The second-order valence-electron chi connectivity index (χ2n) is 6.20. The van der Waals surface area contributed by atoms with Crippen LogP contribution in [0.25, 0.3) is 11.4 Å². The zero-order valence-corrected chi connectivity index (χ0v) is 16.3. The smallest absolute Gasteiger partial charge is 0.316 e. The number of ether oxygens (including phenoxy) is 1. The molecule has 2 heterocycles. The fraction of sp³-hybridized carbons (Fsp3) is 0.500. The maximum atomic E-state index is 11.6. The number of aromatic nitrogens is 3. The largest absolute Gasteiger partial charge is 0.465 e. The fourth-order valence-electron chi connectivity index (χ4n) is 3.08. The Morgan fingerprint density at radius 1 is 1.56 bits per heavy atom. The molecule has 1 unspecified atom stereocenters. The molecule has 0 saturated heterocycles. The molecule has 0 fully saturated rings. The number of allylic oxidation sites excluding steroid dienone is 1. The summed E-state index contributed by atoms with van der Waals surface area (Å²) >= 11 is 3.18. The van der Waals surface area contributed by atoms with Crippen molar-refractivity contribution in [1.29, 1.82) is 0 Å². The predicted octanol–water partition coefficient (Wildman–Crippen LogP) is 3.97. The normalized spacial score (nSPS) is 16.5. The first-order chi connectivity index (χ1) is 12.1.